The highest BCUT2D eigenvalue weighted by atomic mass is 16.6. The van der Waals surface area contributed by atoms with E-state index in [1.165, 1.54) is 24.3 Å². The van der Waals surface area contributed by atoms with Gasteiger partial charge in [0.25, 0.3) is 5.69 Å². The lowest BCUT2D eigenvalue weighted by atomic mass is 10.1. The van der Waals surface area contributed by atoms with E-state index in [1.807, 2.05) is 31.2 Å². The molecule has 1 aromatic heterocycles. The van der Waals surface area contributed by atoms with Crippen molar-refractivity contribution in [1.82, 2.24) is 5.16 Å². The molecule has 26 heavy (non-hydrogen) atoms. The first-order valence-corrected chi connectivity index (χ1v) is 7.93. The fraction of sp³-hybridized carbons (Fsp3) is 0.158. The minimum atomic E-state index is -0.488. The van der Waals surface area contributed by atoms with Gasteiger partial charge < -0.3 is 9.26 Å². The Hall–Kier alpha value is -3.48. The van der Waals surface area contributed by atoms with Gasteiger partial charge in [-0.15, -0.1) is 0 Å². The number of non-ortho nitro benzene ring substituents is 1. The summed E-state index contributed by atoms with van der Waals surface area (Å²) in [5.41, 5.74) is 3.17. The number of nitrogens with zero attached hydrogens (tertiary/aromatic N) is 2. The zero-order valence-electron chi connectivity index (χ0n) is 14.0. The minimum absolute atomic E-state index is 0.00117. The number of rotatable bonds is 6. The molecule has 1 heterocycles. The van der Waals surface area contributed by atoms with Gasteiger partial charge in [-0.05, 0) is 12.5 Å². The van der Waals surface area contributed by atoms with Crippen molar-refractivity contribution in [2.45, 2.75) is 20.0 Å². The van der Waals surface area contributed by atoms with Crippen molar-refractivity contribution in [3.8, 4) is 11.3 Å². The molecule has 0 atom stereocenters. The number of nitro benzene ring substituents is 1. The number of carbonyl (C=O) groups is 1. The molecule has 7 heteroatoms. The first kappa shape index (κ1) is 17.3. The molecule has 3 rings (SSSR count). The summed E-state index contributed by atoms with van der Waals surface area (Å²) in [6.45, 7) is 2.00. The molecule has 0 saturated carbocycles. The van der Waals surface area contributed by atoms with Crippen LogP contribution in [-0.2, 0) is 22.6 Å². The van der Waals surface area contributed by atoms with Crippen molar-refractivity contribution in [2.75, 3.05) is 0 Å². The van der Waals surface area contributed by atoms with Crippen LogP contribution in [0.1, 0.15) is 16.8 Å². The molecule has 0 bridgehead atoms. The SMILES string of the molecule is Cc1ccc(-c2cc(COC(=O)Cc3ccc([N+](=O)[O-])cc3)no2)cc1. The molecule has 0 amide bonds. The Morgan fingerprint density at radius 3 is 2.50 bits per heavy atom. The standard InChI is InChI=1S/C19H16N2O5/c1-13-2-6-15(7-3-13)18-11-16(20-26-18)12-25-19(22)10-14-4-8-17(9-5-14)21(23)24/h2-9,11H,10,12H2,1H3. The van der Waals surface area contributed by atoms with Crippen LogP contribution in [0, 0.1) is 17.0 Å². The second-order valence-corrected chi connectivity index (χ2v) is 5.81. The van der Waals surface area contributed by atoms with E-state index in [2.05, 4.69) is 5.16 Å². The van der Waals surface area contributed by atoms with Gasteiger partial charge in [0.15, 0.2) is 5.76 Å². The van der Waals surface area contributed by atoms with Crippen LogP contribution in [0.5, 0.6) is 0 Å². The maximum atomic E-state index is 11.9. The third-order valence-electron chi connectivity index (χ3n) is 3.77. The first-order chi connectivity index (χ1) is 12.5. The summed E-state index contributed by atoms with van der Waals surface area (Å²) in [6, 6.07) is 15.3. The zero-order valence-corrected chi connectivity index (χ0v) is 14.0. The van der Waals surface area contributed by atoms with E-state index in [4.69, 9.17) is 9.26 Å². The number of aryl methyl sites for hydroxylation is 1. The van der Waals surface area contributed by atoms with Gasteiger partial charge in [-0.25, -0.2) is 0 Å². The molecule has 0 N–H and O–H groups in total. The zero-order chi connectivity index (χ0) is 18.5. The van der Waals surface area contributed by atoms with E-state index in [0.717, 1.165) is 11.1 Å². The molecule has 0 saturated heterocycles. The van der Waals surface area contributed by atoms with E-state index in [0.29, 0.717) is 17.0 Å². The van der Waals surface area contributed by atoms with Crippen molar-refractivity contribution in [3.05, 3.63) is 81.5 Å². The van der Waals surface area contributed by atoms with Crippen LogP contribution in [0.3, 0.4) is 0 Å². The number of carbonyl (C=O) groups excluding carboxylic acids is 1. The van der Waals surface area contributed by atoms with Crippen LogP contribution in [0.4, 0.5) is 5.69 Å². The van der Waals surface area contributed by atoms with Gasteiger partial charge in [0.2, 0.25) is 0 Å². The second-order valence-electron chi connectivity index (χ2n) is 5.81. The average molecular weight is 352 g/mol. The van der Waals surface area contributed by atoms with E-state index in [-0.39, 0.29) is 18.7 Å². The van der Waals surface area contributed by atoms with Crippen LogP contribution in [0.25, 0.3) is 11.3 Å². The molecule has 0 aliphatic carbocycles. The van der Waals surface area contributed by atoms with Gasteiger partial charge in [0.1, 0.15) is 12.3 Å². The molecule has 2 aromatic carbocycles. The van der Waals surface area contributed by atoms with Crippen molar-refractivity contribution < 1.29 is 19.0 Å². The van der Waals surface area contributed by atoms with Gasteiger partial charge in [0, 0.05) is 23.8 Å². The fourth-order valence-electron chi connectivity index (χ4n) is 2.34. The quantitative estimate of drug-likeness (QED) is 0.380. The lowest BCUT2D eigenvalue weighted by molar-refractivity contribution is -0.384. The van der Waals surface area contributed by atoms with Crippen molar-refractivity contribution in [2.24, 2.45) is 0 Å². The maximum Gasteiger partial charge on any atom is 0.310 e. The van der Waals surface area contributed by atoms with E-state index >= 15 is 0 Å². The summed E-state index contributed by atoms with van der Waals surface area (Å²) in [4.78, 5) is 22.0. The number of ether oxygens (including phenoxy) is 1. The average Bonchev–Trinajstić information content (AvgIpc) is 3.10. The summed E-state index contributed by atoms with van der Waals surface area (Å²) < 4.78 is 10.5. The normalized spacial score (nSPS) is 10.5. The van der Waals surface area contributed by atoms with Crippen molar-refractivity contribution in [1.29, 1.82) is 0 Å². The maximum absolute atomic E-state index is 11.9. The smallest absolute Gasteiger partial charge is 0.310 e. The van der Waals surface area contributed by atoms with Crippen LogP contribution >= 0.6 is 0 Å². The third-order valence-corrected chi connectivity index (χ3v) is 3.77. The Morgan fingerprint density at radius 2 is 1.85 bits per heavy atom. The highest BCUT2D eigenvalue weighted by Gasteiger charge is 2.11. The molecular weight excluding hydrogens is 336 g/mol. The Labute approximate surface area is 149 Å². The van der Waals surface area contributed by atoms with Crippen molar-refractivity contribution in [3.63, 3.8) is 0 Å². The summed E-state index contributed by atoms with van der Waals surface area (Å²) in [7, 11) is 0. The van der Waals surface area contributed by atoms with Gasteiger partial charge in [0.05, 0.1) is 11.3 Å². The molecule has 0 radical (unpaired) electrons. The molecule has 3 aromatic rings. The van der Waals surface area contributed by atoms with Crippen LogP contribution < -0.4 is 0 Å². The van der Waals surface area contributed by atoms with Crippen LogP contribution in [0.2, 0.25) is 0 Å². The first-order valence-electron chi connectivity index (χ1n) is 7.93. The number of hydrogen-bond acceptors (Lipinski definition) is 6. The Bertz CT molecular complexity index is 914. The van der Waals surface area contributed by atoms with E-state index in [9.17, 15) is 14.9 Å². The third kappa shape index (κ3) is 4.32. The number of nitro groups is 1. The number of hydrogen-bond donors (Lipinski definition) is 0. The molecule has 0 aliphatic heterocycles. The number of esters is 1. The minimum Gasteiger partial charge on any atom is -0.459 e. The molecule has 132 valence electrons. The Morgan fingerprint density at radius 1 is 1.15 bits per heavy atom. The van der Waals surface area contributed by atoms with Crippen LogP contribution in [-0.4, -0.2) is 16.0 Å². The monoisotopic (exact) mass is 352 g/mol. The Balaban J connectivity index is 1.54. The summed E-state index contributed by atoms with van der Waals surface area (Å²) >= 11 is 0. The molecule has 7 nitrogen and oxygen atoms in total. The largest absolute Gasteiger partial charge is 0.459 e. The highest BCUT2D eigenvalue weighted by molar-refractivity contribution is 5.72. The highest BCUT2D eigenvalue weighted by Crippen LogP contribution is 2.21. The predicted molar refractivity (Wildman–Crippen MR) is 93.3 cm³/mol. The van der Waals surface area contributed by atoms with E-state index < -0.39 is 10.9 Å². The molecule has 0 fully saturated rings. The van der Waals surface area contributed by atoms with Gasteiger partial charge in [-0.2, -0.15) is 0 Å². The van der Waals surface area contributed by atoms with Crippen LogP contribution in [0.15, 0.2) is 59.1 Å². The number of aromatic nitrogens is 1. The Kier molecular flexibility index (Phi) is 5.07. The molecular formula is C19H16N2O5. The summed E-state index contributed by atoms with van der Waals surface area (Å²) in [5, 5.41) is 14.5. The molecule has 0 spiro atoms. The lowest BCUT2D eigenvalue weighted by Gasteiger charge is -2.02. The summed E-state index contributed by atoms with van der Waals surface area (Å²) in [6.07, 6.45) is 0.0284. The van der Waals surface area contributed by atoms with Gasteiger partial charge >= 0.3 is 5.97 Å². The predicted octanol–water partition coefficient (Wildman–Crippen LogP) is 3.84. The lowest BCUT2D eigenvalue weighted by Crippen LogP contribution is -2.08. The van der Waals surface area contributed by atoms with Gasteiger partial charge in [-0.1, -0.05) is 47.1 Å². The molecule has 0 aliphatic rings. The topological polar surface area (TPSA) is 95.5 Å². The van der Waals surface area contributed by atoms with Crippen molar-refractivity contribution >= 4 is 11.7 Å². The second kappa shape index (κ2) is 7.60. The van der Waals surface area contributed by atoms with Gasteiger partial charge in [-0.3, -0.25) is 14.9 Å². The molecule has 0 unspecified atom stereocenters. The number of benzene rings is 2. The van der Waals surface area contributed by atoms with E-state index in [1.54, 1.807) is 6.07 Å². The fourth-order valence-corrected chi connectivity index (χ4v) is 2.34. The summed E-state index contributed by atoms with van der Waals surface area (Å²) in [5.74, 6) is 0.158.